The van der Waals surface area contributed by atoms with Crippen molar-refractivity contribution in [3.63, 3.8) is 0 Å². The highest BCUT2D eigenvalue weighted by molar-refractivity contribution is 5.82. The van der Waals surface area contributed by atoms with Crippen LogP contribution in [0.25, 0.3) is 5.69 Å². The highest BCUT2D eigenvalue weighted by atomic mass is 16.1. The standard InChI is InChI=1S/C12H12N2O/c1-9-6-10(2)12(11(7-9)8-15)14-5-3-4-13-14/h3-8H,1-2H3. The van der Waals surface area contributed by atoms with Crippen LogP contribution in [0.1, 0.15) is 21.5 Å². The van der Waals surface area contributed by atoms with Crippen molar-refractivity contribution < 1.29 is 4.79 Å². The third kappa shape index (κ3) is 1.68. The summed E-state index contributed by atoms with van der Waals surface area (Å²) in [6.45, 7) is 3.96. The summed E-state index contributed by atoms with van der Waals surface area (Å²) in [5, 5.41) is 4.14. The van der Waals surface area contributed by atoms with Gasteiger partial charge in [0.1, 0.15) is 0 Å². The zero-order valence-corrected chi connectivity index (χ0v) is 8.77. The number of carbonyl (C=O) groups excluding carboxylic acids is 1. The predicted octanol–water partition coefficient (Wildman–Crippen LogP) is 2.30. The van der Waals surface area contributed by atoms with Crippen LogP contribution < -0.4 is 0 Å². The van der Waals surface area contributed by atoms with E-state index in [2.05, 4.69) is 5.10 Å². The van der Waals surface area contributed by atoms with Gasteiger partial charge in [-0.2, -0.15) is 5.10 Å². The number of hydrogen-bond acceptors (Lipinski definition) is 2. The van der Waals surface area contributed by atoms with Crippen molar-refractivity contribution in [3.05, 3.63) is 47.3 Å². The molecule has 0 unspecified atom stereocenters. The van der Waals surface area contributed by atoms with Crippen molar-refractivity contribution in [2.75, 3.05) is 0 Å². The molecule has 0 fully saturated rings. The Morgan fingerprint density at radius 3 is 2.73 bits per heavy atom. The number of rotatable bonds is 2. The lowest BCUT2D eigenvalue weighted by Crippen LogP contribution is -2.03. The van der Waals surface area contributed by atoms with E-state index < -0.39 is 0 Å². The van der Waals surface area contributed by atoms with Crippen LogP contribution in [-0.2, 0) is 0 Å². The number of nitrogens with zero attached hydrogens (tertiary/aromatic N) is 2. The molecule has 3 heteroatoms. The summed E-state index contributed by atoms with van der Waals surface area (Å²) in [5.74, 6) is 0. The van der Waals surface area contributed by atoms with Crippen molar-refractivity contribution >= 4 is 6.29 Å². The molecule has 0 atom stereocenters. The van der Waals surface area contributed by atoms with Crippen molar-refractivity contribution in [3.8, 4) is 5.69 Å². The largest absolute Gasteiger partial charge is 0.298 e. The smallest absolute Gasteiger partial charge is 0.152 e. The first kappa shape index (κ1) is 9.65. The maximum Gasteiger partial charge on any atom is 0.152 e. The molecule has 1 aromatic carbocycles. The highest BCUT2D eigenvalue weighted by Crippen LogP contribution is 2.19. The molecule has 0 aliphatic rings. The fraction of sp³-hybridized carbons (Fsp3) is 0.167. The number of aldehydes is 1. The first-order valence-electron chi connectivity index (χ1n) is 4.79. The summed E-state index contributed by atoms with van der Waals surface area (Å²) in [5.41, 5.74) is 3.68. The van der Waals surface area contributed by atoms with Gasteiger partial charge in [-0.25, -0.2) is 4.68 Å². The first-order valence-corrected chi connectivity index (χ1v) is 4.79. The Balaban J connectivity index is 2.69. The molecule has 15 heavy (non-hydrogen) atoms. The summed E-state index contributed by atoms with van der Waals surface area (Å²) >= 11 is 0. The molecule has 1 heterocycles. The second-order valence-corrected chi connectivity index (χ2v) is 3.59. The molecule has 0 radical (unpaired) electrons. The van der Waals surface area contributed by atoms with Gasteiger partial charge in [-0.1, -0.05) is 11.6 Å². The quantitative estimate of drug-likeness (QED) is 0.697. The number of hydrogen-bond donors (Lipinski definition) is 0. The van der Waals surface area contributed by atoms with E-state index in [4.69, 9.17) is 0 Å². The maximum atomic E-state index is 11.0. The zero-order chi connectivity index (χ0) is 10.8. The lowest BCUT2D eigenvalue weighted by molar-refractivity contribution is 0.112. The molecule has 76 valence electrons. The molecule has 3 nitrogen and oxygen atoms in total. The number of aromatic nitrogens is 2. The van der Waals surface area contributed by atoms with Crippen LogP contribution in [0, 0.1) is 13.8 Å². The van der Waals surface area contributed by atoms with Gasteiger partial charge in [0, 0.05) is 18.0 Å². The summed E-state index contributed by atoms with van der Waals surface area (Å²) in [7, 11) is 0. The van der Waals surface area contributed by atoms with Crippen molar-refractivity contribution in [1.82, 2.24) is 9.78 Å². The number of carbonyl (C=O) groups is 1. The SMILES string of the molecule is Cc1cc(C)c(-n2cccn2)c(C=O)c1. The average molecular weight is 200 g/mol. The van der Waals surface area contributed by atoms with Gasteiger partial charge in [-0.3, -0.25) is 4.79 Å². The van der Waals surface area contributed by atoms with E-state index in [1.807, 2.05) is 38.2 Å². The predicted molar refractivity (Wildman–Crippen MR) is 58.4 cm³/mol. The topological polar surface area (TPSA) is 34.9 Å². The van der Waals surface area contributed by atoms with Crippen molar-refractivity contribution in [2.24, 2.45) is 0 Å². The van der Waals surface area contributed by atoms with E-state index >= 15 is 0 Å². The molecule has 0 amide bonds. The molecule has 0 aliphatic heterocycles. The third-order valence-corrected chi connectivity index (χ3v) is 2.33. The minimum atomic E-state index is 0.677. The molecular formula is C12H12N2O. The Morgan fingerprint density at radius 1 is 1.33 bits per heavy atom. The van der Waals surface area contributed by atoms with Crippen LogP contribution in [0.15, 0.2) is 30.6 Å². The maximum absolute atomic E-state index is 11.0. The van der Waals surface area contributed by atoms with Crippen molar-refractivity contribution in [1.29, 1.82) is 0 Å². The van der Waals surface area contributed by atoms with Crippen LogP contribution in [-0.4, -0.2) is 16.1 Å². The van der Waals surface area contributed by atoms with Crippen LogP contribution in [0.5, 0.6) is 0 Å². The molecule has 1 aromatic heterocycles. The minimum Gasteiger partial charge on any atom is -0.298 e. The van der Waals surface area contributed by atoms with Gasteiger partial charge in [0.2, 0.25) is 0 Å². The Bertz CT molecular complexity index is 487. The molecule has 0 saturated heterocycles. The second-order valence-electron chi connectivity index (χ2n) is 3.59. The second kappa shape index (κ2) is 3.69. The van der Waals surface area contributed by atoms with E-state index in [0.717, 1.165) is 23.1 Å². The van der Waals surface area contributed by atoms with Crippen molar-refractivity contribution in [2.45, 2.75) is 13.8 Å². The summed E-state index contributed by atoms with van der Waals surface area (Å²) in [6.07, 6.45) is 4.41. The average Bonchev–Trinajstić information content (AvgIpc) is 2.69. The molecule has 0 aliphatic carbocycles. The molecule has 0 spiro atoms. The molecule has 0 N–H and O–H groups in total. The molecule has 2 aromatic rings. The van der Waals surface area contributed by atoms with Crippen LogP contribution in [0.2, 0.25) is 0 Å². The number of benzene rings is 1. The first-order chi connectivity index (χ1) is 7.22. The normalized spacial score (nSPS) is 10.3. The third-order valence-electron chi connectivity index (χ3n) is 2.33. The zero-order valence-electron chi connectivity index (χ0n) is 8.77. The Kier molecular flexibility index (Phi) is 2.37. The van der Waals surface area contributed by atoms with Crippen LogP contribution >= 0.6 is 0 Å². The molecule has 2 rings (SSSR count). The Labute approximate surface area is 88.4 Å². The Hall–Kier alpha value is -1.90. The molecular weight excluding hydrogens is 188 g/mol. The lowest BCUT2D eigenvalue weighted by Gasteiger charge is -2.09. The lowest BCUT2D eigenvalue weighted by atomic mass is 10.1. The van der Waals surface area contributed by atoms with Gasteiger partial charge >= 0.3 is 0 Å². The highest BCUT2D eigenvalue weighted by Gasteiger charge is 2.08. The van der Waals surface area contributed by atoms with Crippen LogP contribution in [0.4, 0.5) is 0 Å². The number of aryl methyl sites for hydroxylation is 2. The molecule has 0 bridgehead atoms. The van der Waals surface area contributed by atoms with Gasteiger partial charge in [0.05, 0.1) is 5.69 Å². The summed E-state index contributed by atoms with van der Waals surface area (Å²) < 4.78 is 1.72. The van der Waals surface area contributed by atoms with E-state index in [1.54, 1.807) is 10.9 Å². The van der Waals surface area contributed by atoms with E-state index in [0.29, 0.717) is 5.56 Å². The van der Waals surface area contributed by atoms with E-state index in [-0.39, 0.29) is 0 Å². The summed E-state index contributed by atoms with van der Waals surface area (Å²) in [4.78, 5) is 11.0. The van der Waals surface area contributed by atoms with Gasteiger partial charge in [-0.15, -0.1) is 0 Å². The van der Waals surface area contributed by atoms with Gasteiger partial charge in [0.25, 0.3) is 0 Å². The van der Waals surface area contributed by atoms with Gasteiger partial charge in [0.15, 0.2) is 6.29 Å². The van der Waals surface area contributed by atoms with E-state index in [1.165, 1.54) is 0 Å². The Morgan fingerprint density at radius 2 is 2.13 bits per heavy atom. The monoisotopic (exact) mass is 200 g/mol. The fourth-order valence-electron chi connectivity index (χ4n) is 1.80. The van der Waals surface area contributed by atoms with Crippen LogP contribution in [0.3, 0.4) is 0 Å². The minimum absolute atomic E-state index is 0.677. The summed E-state index contributed by atoms with van der Waals surface area (Å²) in [6, 6.07) is 5.76. The van der Waals surface area contributed by atoms with Gasteiger partial charge < -0.3 is 0 Å². The van der Waals surface area contributed by atoms with E-state index in [9.17, 15) is 4.79 Å². The molecule has 0 saturated carbocycles. The fourth-order valence-corrected chi connectivity index (χ4v) is 1.80. The van der Waals surface area contributed by atoms with Gasteiger partial charge in [-0.05, 0) is 31.5 Å².